The van der Waals surface area contributed by atoms with Crippen LogP contribution < -0.4 is 10.4 Å². The molecule has 5 nitrogen and oxygen atoms in total. The Morgan fingerprint density at radius 3 is 2.52 bits per heavy atom. The number of ketones is 1. The van der Waals surface area contributed by atoms with Crippen LogP contribution in [-0.4, -0.2) is 29.4 Å². The lowest BCUT2D eigenvalue weighted by Crippen LogP contribution is -2.42. The fourth-order valence-electron chi connectivity index (χ4n) is 3.57. The largest absolute Gasteiger partial charge is 0.479 e. The lowest BCUT2D eigenvalue weighted by molar-refractivity contribution is -0.126. The Hall–Kier alpha value is -2.56. The van der Waals surface area contributed by atoms with Gasteiger partial charge in [-0.1, -0.05) is 0 Å². The first kappa shape index (κ1) is 15.9. The van der Waals surface area contributed by atoms with Gasteiger partial charge in [-0.15, -0.1) is 0 Å². The standard InChI is InChI=1S/C20H21NO4/c1-20(2)19(23)14(12-21-10-4-3-5-11-21)17-15(25-20)8-6-13-7-9-16(22)24-18(13)17/h6-9,12H,3-5,10-11H2,1-2H3/b14-12+. The van der Waals surface area contributed by atoms with Crippen LogP contribution in [-0.2, 0) is 4.79 Å². The van der Waals surface area contributed by atoms with Crippen LogP contribution in [0.3, 0.4) is 0 Å². The van der Waals surface area contributed by atoms with Crippen LogP contribution in [0.2, 0.25) is 0 Å². The molecule has 0 amide bonds. The third-order valence-electron chi connectivity index (χ3n) is 4.88. The number of hydrogen-bond acceptors (Lipinski definition) is 5. The van der Waals surface area contributed by atoms with Gasteiger partial charge in [-0.25, -0.2) is 4.79 Å². The Morgan fingerprint density at radius 2 is 1.76 bits per heavy atom. The van der Waals surface area contributed by atoms with Crippen molar-refractivity contribution >= 4 is 22.3 Å². The summed E-state index contributed by atoms with van der Waals surface area (Å²) in [6.07, 6.45) is 5.39. The highest BCUT2D eigenvalue weighted by Gasteiger charge is 2.40. The molecule has 0 radical (unpaired) electrons. The molecule has 0 unspecified atom stereocenters. The Balaban J connectivity index is 1.96. The molecule has 0 atom stereocenters. The zero-order valence-corrected chi connectivity index (χ0v) is 14.5. The van der Waals surface area contributed by atoms with E-state index in [4.69, 9.17) is 9.15 Å². The Kier molecular flexibility index (Phi) is 3.67. The molecule has 130 valence electrons. The van der Waals surface area contributed by atoms with E-state index in [-0.39, 0.29) is 5.78 Å². The molecule has 0 bridgehead atoms. The number of rotatable bonds is 1. The summed E-state index contributed by atoms with van der Waals surface area (Å²) in [4.78, 5) is 27.0. The van der Waals surface area contributed by atoms with Gasteiger partial charge in [0.2, 0.25) is 5.78 Å². The number of Topliss-reactive ketones (excluding diaryl/α,β-unsaturated/α-hetero) is 1. The third kappa shape index (κ3) is 2.73. The number of likely N-dealkylation sites (tertiary alicyclic amines) is 1. The first-order chi connectivity index (χ1) is 12.0. The summed E-state index contributed by atoms with van der Waals surface area (Å²) >= 11 is 0. The van der Waals surface area contributed by atoms with Crippen LogP contribution in [0.5, 0.6) is 5.75 Å². The maximum absolute atomic E-state index is 13.1. The Morgan fingerprint density at radius 1 is 1.04 bits per heavy atom. The minimum Gasteiger partial charge on any atom is -0.479 e. The molecule has 0 saturated carbocycles. The van der Waals surface area contributed by atoms with Crippen molar-refractivity contribution in [2.75, 3.05) is 13.1 Å². The summed E-state index contributed by atoms with van der Waals surface area (Å²) in [5.74, 6) is 0.485. The summed E-state index contributed by atoms with van der Waals surface area (Å²) in [6, 6.07) is 6.79. The van der Waals surface area contributed by atoms with Crippen LogP contribution >= 0.6 is 0 Å². The predicted octanol–water partition coefficient (Wildman–Crippen LogP) is 3.36. The number of nitrogens with zero attached hydrogens (tertiary/aromatic N) is 1. The molecule has 2 aliphatic rings. The minimum absolute atomic E-state index is 0.0930. The monoisotopic (exact) mass is 339 g/mol. The van der Waals surface area contributed by atoms with Gasteiger partial charge in [0, 0.05) is 30.7 Å². The van der Waals surface area contributed by atoms with Gasteiger partial charge in [-0.05, 0) is 51.3 Å². The van der Waals surface area contributed by atoms with Gasteiger partial charge >= 0.3 is 5.63 Å². The van der Waals surface area contributed by atoms with Gasteiger partial charge < -0.3 is 14.1 Å². The maximum Gasteiger partial charge on any atom is 0.336 e. The predicted molar refractivity (Wildman–Crippen MR) is 95.6 cm³/mol. The van der Waals surface area contributed by atoms with E-state index in [1.807, 2.05) is 18.3 Å². The normalized spacial score (nSPS) is 21.3. The van der Waals surface area contributed by atoms with Crippen LogP contribution in [0.4, 0.5) is 0 Å². The molecule has 25 heavy (non-hydrogen) atoms. The molecule has 3 heterocycles. The molecular weight excluding hydrogens is 318 g/mol. The molecule has 1 fully saturated rings. The van der Waals surface area contributed by atoms with Gasteiger partial charge in [0.1, 0.15) is 11.3 Å². The van der Waals surface area contributed by atoms with Gasteiger partial charge in [0.25, 0.3) is 0 Å². The van der Waals surface area contributed by atoms with E-state index in [1.165, 1.54) is 12.5 Å². The number of ether oxygens (including phenoxy) is 1. The number of hydrogen-bond donors (Lipinski definition) is 0. The summed E-state index contributed by atoms with van der Waals surface area (Å²) < 4.78 is 11.4. The van der Waals surface area contributed by atoms with E-state index in [0.717, 1.165) is 31.3 Å². The van der Waals surface area contributed by atoms with Crippen molar-refractivity contribution in [3.05, 3.63) is 46.4 Å². The molecular formula is C20H21NO4. The molecule has 2 aromatic rings. The van der Waals surface area contributed by atoms with Crippen LogP contribution in [0, 0.1) is 0 Å². The number of carbonyl (C=O) groups is 1. The van der Waals surface area contributed by atoms with Crippen molar-refractivity contribution in [1.82, 2.24) is 4.90 Å². The van der Waals surface area contributed by atoms with Crippen molar-refractivity contribution < 1.29 is 13.9 Å². The highest BCUT2D eigenvalue weighted by Crippen LogP contribution is 2.42. The molecule has 0 aliphatic carbocycles. The smallest absolute Gasteiger partial charge is 0.336 e. The van der Waals surface area contributed by atoms with Crippen molar-refractivity contribution in [3.63, 3.8) is 0 Å². The second-order valence-electron chi connectivity index (χ2n) is 7.19. The van der Waals surface area contributed by atoms with Crippen molar-refractivity contribution in [3.8, 4) is 5.75 Å². The lowest BCUT2D eigenvalue weighted by atomic mass is 9.87. The fraction of sp³-hybridized carbons (Fsp3) is 0.400. The van der Waals surface area contributed by atoms with E-state index < -0.39 is 11.2 Å². The Labute approximate surface area is 145 Å². The highest BCUT2D eigenvalue weighted by molar-refractivity contribution is 6.28. The average Bonchev–Trinajstić information content (AvgIpc) is 2.59. The summed E-state index contributed by atoms with van der Waals surface area (Å²) in [5, 5.41) is 0.777. The molecule has 1 aromatic heterocycles. The molecule has 0 spiro atoms. The average molecular weight is 339 g/mol. The van der Waals surface area contributed by atoms with E-state index in [2.05, 4.69) is 4.90 Å². The number of carbonyl (C=O) groups excluding carboxylic acids is 1. The maximum atomic E-state index is 13.1. The lowest BCUT2D eigenvalue weighted by Gasteiger charge is -2.34. The van der Waals surface area contributed by atoms with Crippen molar-refractivity contribution in [1.29, 1.82) is 0 Å². The highest BCUT2D eigenvalue weighted by atomic mass is 16.5. The van der Waals surface area contributed by atoms with E-state index in [9.17, 15) is 9.59 Å². The first-order valence-corrected chi connectivity index (χ1v) is 8.73. The second kappa shape index (κ2) is 5.76. The summed E-state index contributed by atoms with van der Waals surface area (Å²) in [5.41, 5.74) is 0.183. The van der Waals surface area contributed by atoms with Crippen LogP contribution in [0.1, 0.15) is 38.7 Å². The zero-order chi connectivity index (χ0) is 17.6. The van der Waals surface area contributed by atoms with E-state index in [0.29, 0.717) is 22.5 Å². The molecule has 4 rings (SSSR count). The van der Waals surface area contributed by atoms with E-state index in [1.54, 1.807) is 19.9 Å². The number of benzene rings is 1. The molecule has 2 aliphatic heterocycles. The zero-order valence-electron chi connectivity index (χ0n) is 14.5. The van der Waals surface area contributed by atoms with Gasteiger partial charge in [0.05, 0.1) is 11.1 Å². The Bertz CT molecular complexity index is 932. The number of fused-ring (bicyclic) bond motifs is 3. The van der Waals surface area contributed by atoms with Gasteiger partial charge in [-0.3, -0.25) is 4.79 Å². The minimum atomic E-state index is -0.947. The molecule has 0 N–H and O–H groups in total. The van der Waals surface area contributed by atoms with Crippen molar-refractivity contribution in [2.45, 2.75) is 38.7 Å². The summed E-state index contributed by atoms with van der Waals surface area (Å²) in [6.45, 7) is 5.41. The molecule has 1 saturated heterocycles. The van der Waals surface area contributed by atoms with Crippen LogP contribution in [0.15, 0.2) is 39.7 Å². The topological polar surface area (TPSA) is 59.8 Å². The molecule has 5 heteroatoms. The van der Waals surface area contributed by atoms with Gasteiger partial charge in [0.15, 0.2) is 5.60 Å². The van der Waals surface area contributed by atoms with Gasteiger partial charge in [-0.2, -0.15) is 0 Å². The second-order valence-corrected chi connectivity index (χ2v) is 7.19. The third-order valence-corrected chi connectivity index (χ3v) is 4.88. The van der Waals surface area contributed by atoms with E-state index >= 15 is 0 Å². The fourth-order valence-corrected chi connectivity index (χ4v) is 3.57. The SMILES string of the molecule is CC1(C)Oc2ccc3ccc(=O)oc3c2/C(=C\N2CCCCC2)C1=O. The molecule has 1 aromatic carbocycles. The van der Waals surface area contributed by atoms with Crippen LogP contribution in [0.25, 0.3) is 16.5 Å². The quantitative estimate of drug-likeness (QED) is 0.589. The first-order valence-electron chi connectivity index (χ1n) is 8.73. The summed E-state index contributed by atoms with van der Waals surface area (Å²) in [7, 11) is 0. The van der Waals surface area contributed by atoms with Crippen molar-refractivity contribution in [2.24, 2.45) is 0 Å². The number of piperidine rings is 1.